The molecule has 0 aliphatic carbocycles. The zero-order valence-electron chi connectivity index (χ0n) is 15.1. The van der Waals surface area contributed by atoms with Gasteiger partial charge in [0.05, 0.1) is 0 Å². The topological polar surface area (TPSA) is 61.4 Å². The molecule has 1 saturated heterocycles. The van der Waals surface area contributed by atoms with E-state index in [0.717, 1.165) is 12.8 Å². The molecule has 1 aromatic carbocycles. The summed E-state index contributed by atoms with van der Waals surface area (Å²) in [6.45, 7) is 8.46. The SMILES string of the molecule is CCC(C)NC(=O)C(C)NC(=O)N1CC(c2ccccc2)CC1C. The maximum absolute atomic E-state index is 12.5. The summed E-state index contributed by atoms with van der Waals surface area (Å²) >= 11 is 0. The molecular weight excluding hydrogens is 302 g/mol. The van der Waals surface area contributed by atoms with Gasteiger partial charge in [0.15, 0.2) is 0 Å². The van der Waals surface area contributed by atoms with E-state index in [1.807, 2.05) is 36.9 Å². The van der Waals surface area contributed by atoms with Crippen LogP contribution in [0.5, 0.6) is 0 Å². The molecule has 0 aromatic heterocycles. The lowest BCUT2D eigenvalue weighted by Gasteiger charge is -2.25. The van der Waals surface area contributed by atoms with Crippen LogP contribution in [0.1, 0.15) is 52.0 Å². The summed E-state index contributed by atoms with van der Waals surface area (Å²) in [5.41, 5.74) is 1.27. The summed E-state index contributed by atoms with van der Waals surface area (Å²) in [7, 11) is 0. The van der Waals surface area contributed by atoms with Gasteiger partial charge < -0.3 is 15.5 Å². The normalized spacial score (nSPS) is 22.8. The predicted octanol–water partition coefficient (Wildman–Crippen LogP) is 2.88. The van der Waals surface area contributed by atoms with Crippen molar-refractivity contribution in [2.75, 3.05) is 6.54 Å². The first-order valence-corrected chi connectivity index (χ1v) is 8.84. The van der Waals surface area contributed by atoms with Gasteiger partial charge in [0, 0.05) is 24.5 Å². The van der Waals surface area contributed by atoms with Crippen LogP contribution in [0.3, 0.4) is 0 Å². The number of nitrogens with zero attached hydrogens (tertiary/aromatic N) is 1. The summed E-state index contributed by atoms with van der Waals surface area (Å²) in [5, 5.41) is 5.73. The lowest BCUT2D eigenvalue weighted by atomic mass is 9.97. The van der Waals surface area contributed by atoms with Gasteiger partial charge in [-0.1, -0.05) is 37.3 Å². The molecule has 0 spiro atoms. The van der Waals surface area contributed by atoms with Crippen LogP contribution in [0.25, 0.3) is 0 Å². The summed E-state index contributed by atoms with van der Waals surface area (Å²) in [4.78, 5) is 26.5. The molecule has 0 saturated carbocycles. The molecule has 1 aliphatic rings. The Morgan fingerprint density at radius 2 is 1.88 bits per heavy atom. The first-order valence-electron chi connectivity index (χ1n) is 8.84. The number of hydrogen-bond acceptors (Lipinski definition) is 2. The highest BCUT2D eigenvalue weighted by Crippen LogP contribution is 2.31. The lowest BCUT2D eigenvalue weighted by Crippen LogP contribution is -2.51. The highest BCUT2D eigenvalue weighted by atomic mass is 16.2. The summed E-state index contributed by atoms with van der Waals surface area (Å²) in [5.74, 6) is 0.223. The molecule has 1 fully saturated rings. The monoisotopic (exact) mass is 331 g/mol. The third-order valence-corrected chi connectivity index (χ3v) is 4.84. The van der Waals surface area contributed by atoms with Gasteiger partial charge >= 0.3 is 6.03 Å². The van der Waals surface area contributed by atoms with E-state index in [0.29, 0.717) is 12.5 Å². The zero-order valence-corrected chi connectivity index (χ0v) is 15.1. The van der Waals surface area contributed by atoms with E-state index >= 15 is 0 Å². The van der Waals surface area contributed by atoms with Gasteiger partial charge in [0.25, 0.3) is 0 Å². The number of hydrogen-bond donors (Lipinski definition) is 2. The van der Waals surface area contributed by atoms with Crippen molar-refractivity contribution in [1.29, 1.82) is 0 Å². The van der Waals surface area contributed by atoms with E-state index in [9.17, 15) is 9.59 Å². The second-order valence-electron chi connectivity index (χ2n) is 6.83. The van der Waals surface area contributed by atoms with Crippen LogP contribution in [-0.2, 0) is 4.79 Å². The second-order valence-corrected chi connectivity index (χ2v) is 6.83. The fourth-order valence-corrected chi connectivity index (χ4v) is 3.08. The Bertz CT molecular complexity index is 561. The van der Waals surface area contributed by atoms with Gasteiger partial charge in [-0.05, 0) is 39.2 Å². The van der Waals surface area contributed by atoms with Crippen molar-refractivity contribution in [1.82, 2.24) is 15.5 Å². The predicted molar refractivity (Wildman–Crippen MR) is 95.9 cm³/mol. The molecule has 5 nitrogen and oxygen atoms in total. The molecule has 2 N–H and O–H groups in total. The number of carbonyl (C=O) groups is 2. The van der Waals surface area contributed by atoms with E-state index in [4.69, 9.17) is 0 Å². The van der Waals surface area contributed by atoms with Crippen LogP contribution in [0, 0.1) is 0 Å². The average Bonchev–Trinajstić information content (AvgIpc) is 2.97. The highest BCUT2D eigenvalue weighted by Gasteiger charge is 2.34. The fraction of sp³-hybridized carbons (Fsp3) is 0.579. The number of likely N-dealkylation sites (tertiary alicyclic amines) is 1. The van der Waals surface area contributed by atoms with Crippen molar-refractivity contribution in [3.05, 3.63) is 35.9 Å². The van der Waals surface area contributed by atoms with E-state index < -0.39 is 6.04 Å². The average molecular weight is 331 g/mol. The maximum atomic E-state index is 12.5. The van der Waals surface area contributed by atoms with E-state index in [2.05, 4.69) is 29.7 Å². The molecule has 2 rings (SSSR count). The Kier molecular flexibility index (Phi) is 6.23. The number of carbonyl (C=O) groups excluding carboxylic acids is 2. The van der Waals surface area contributed by atoms with Crippen LogP contribution in [0.4, 0.5) is 4.79 Å². The first-order chi connectivity index (χ1) is 11.4. The van der Waals surface area contributed by atoms with Gasteiger partial charge in [0.1, 0.15) is 6.04 Å². The standard InChI is InChI=1S/C19H29N3O2/c1-5-13(2)20-18(23)15(4)21-19(24)22-12-17(11-14(22)3)16-9-7-6-8-10-16/h6-10,13-15,17H,5,11-12H2,1-4H3,(H,20,23)(H,21,24). The highest BCUT2D eigenvalue weighted by molar-refractivity contribution is 5.87. The van der Waals surface area contributed by atoms with Crippen molar-refractivity contribution in [3.63, 3.8) is 0 Å². The molecule has 4 unspecified atom stereocenters. The van der Waals surface area contributed by atoms with Crippen LogP contribution < -0.4 is 10.6 Å². The minimum atomic E-state index is -0.533. The number of nitrogens with one attached hydrogen (secondary N) is 2. The number of urea groups is 1. The fourth-order valence-electron chi connectivity index (χ4n) is 3.08. The quantitative estimate of drug-likeness (QED) is 0.871. The van der Waals surface area contributed by atoms with Crippen LogP contribution >= 0.6 is 0 Å². The summed E-state index contributed by atoms with van der Waals surface area (Å²) in [6, 6.07) is 9.88. The Labute approximate surface area is 144 Å². The van der Waals surface area contributed by atoms with E-state index in [-0.39, 0.29) is 24.0 Å². The molecule has 1 aliphatic heterocycles. The zero-order chi connectivity index (χ0) is 17.7. The van der Waals surface area contributed by atoms with Crippen molar-refractivity contribution < 1.29 is 9.59 Å². The molecule has 5 heteroatoms. The van der Waals surface area contributed by atoms with Crippen molar-refractivity contribution in [3.8, 4) is 0 Å². The van der Waals surface area contributed by atoms with Crippen LogP contribution in [-0.4, -0.2) is 41.5 Å². The van der Waals surface area contributed by atoms with Crippen molar-refractivity contribution in [2.45, 2.75) is 64.6 Å². The van der Waals surface area contributed by atoms with Gasteiger partial charge in [0.2, 0.25) is 5.91 Å². The van der Waals surface area contributed by atoms with Crippen LogP contribution in [0.2, 0.25) is 0 Å². The minimum Gasteiger partial charge on any atom is -0.352 e. The minimum absolute atomic E-state index is 0.116. The molecule has 0 radical (unpaired) electrons. The third-order valence-electron chi connectivity index (χ3n) is 4.84. The lowest BCUT2D eigenvalue weighted by molar-refractivity contribution is -0.123. The smallest absolute Gasteiger partial charge is 0.318 e. The summed E-state index contributed by atoms with van der Waals surface area (Å²) in [6.07, 6.45) is 1.82. The van der Waals surface area contributed by atoms with Gasteiger partial charge in [-0.2, -0.15) is 0 Å². The molecule has 1 aromatic rings. The van der Waals surface area contributed by atoms with Gasteiger partial charge in [-0.3, -0.25) is 4.79 Å². The van der Waals surface area contributed by atoms with E-state index in [1.165, 1.54) is 5.56 Å². The van der Waals surface area contributed by atoms with E-state index in [1.54, 1.807) is 6.92 Å². The maximum Gasteiger partial charge on any atom is 0.318 e. The Hall–Kier alpha value is -2.04. The molecular formula is C19H29N3O2. The molecule has 24 heavy (non-hydrogen) atoms. The van der Waals surface area contributed by atoms with Crippen molar-refractivity contribution in [2.24, 2.45) is 0 Å². The number of rotatable bonds is 5. The molecule has 1 heterocycles. The Balaban J connectivity index is 1.91. The number of benzene rings is 1. The molecule has 0 bridgehead atoms. The molecule has 132 valence electrons. The van der Waals surface area contributed by atoms with Gasteiger partial charge in [-0.15, -0.1) is 0 Å². The Morgan fingerprint density at radius 3 is 2.50 bits per heavy atom. The second kappa shape index (κ2) is 8.18. The van der Waals surface area contributed by atoms with Crippen LogP contribution in [0.15, 0.2) is 30.3 Å². The number of amides is 3. The molecule has 3 amide bonds. The third kappa shape index (κ3) is 4.49. The Morgan fingerprint density at radius 1 is 1.21 bits per heavy atom. The summed E-state index contributed by atoms with van der Waals surface area (Å²) < 4.78 is 0. The van der Waals surface area contributed by atoms with Crippen molar-refractivity contribution >= 4 is 11.9 Å². The largest absolute Gasteiger partial charge is 0.352 e. The first kappa shape index (κ1) is 18.3. The van der Waals surface area contributed by atoms with Gasteiger partial charge in [-0.25, -0.2) is 4.79 Å². The molecule has 4 atom stereocenters.